The zero-order valence-corrected chi connectivity index (χ0v) is 16.7. The van der Waals surface area contributed by atoms with Crippen molar-refractivity contribution in [1.29, 1.82) is 0 Å². The third-order valence-corrected chi connectivity index (χ3v) is 6.76. The highest BCUT2D eigenvalue weighted by molar-refractivity contribution is 7.12. The number of nitrogens with one attached hydrogen (secondary N) is 2. The van der Waals surface area contributed by atoms with Crippen LogP contribution in [0, 0.1) is 6.92 Å². The molecule has 0 spiro atoms. The first-order chi connectivity index (χ1) is 13.5. The van der Waals surface area contributed by atoms with Crippen LogP contribution in [0.15, 0.2) is 36.4 Å². The summed E-state index contributed by atoms with van der Waals surface area (Å²) < 4.78 is 0. The molecule has 3 atom stereocenters. The van der Waals surface area contributed by atoms with Crippen molar-refractivity contribution in [3.63, 3.8) is 0 Å². The highest BCUT2D eigenvalue weighted by Crippen LogP contribution is 2.31. The van der Waals surface area contributed by atoms with Crippen LogP contribution in [-0.4, -0.2) is 41.0 Å². The summed E-state index contributed by atoms with van der Waals surface area (Å²) in [5, 5.41) is 9.23. The normalized spacial score (nSPS) is 25.0. The predicted octanol–water partition coefficient (Wildman–Crippen LogP) is 3.07. The van der Waals surface area contributed by atoms with Crippen LogP contribution < -0.4 is 10.9 Å². The van der Waals surface area contributed by atoms with E-state index in [0.717, 1.165) is 31.4 Å². The zero-order chi connectivity index (χ0) is 19.7. The van der Waals surface area contributed by atoms with E-state index in [9.17, 15) is 14.7 Å². The average Bonchev–Trinajstić information content (AvgIpc) is 3.37. The number of hydrogen-bond acceptors (Lipinski definition) is 5. The van der Waals surface area contributed by atoms with Gasteiger partial charge >= 0.3 is 5.97 Å². The molecule has 0 aliphatic carbocycles. The summed E-state index contributed by atoms with van der Waals surface area (Å²) in [7, 11) is 0. The van der Waals surface area contributed by atoms with Crippen LogP contribution in [0.25, 0.3) is 0 Å². The van der Waals surface area contributed by atoms with Gasteiger partial charge in [0, 0.05) is 28.8 Å². The Kier molecular flexibility index (Phi) is 5.48. The van der Waals surface area contributed by atoms with Gasteiger partial charge in [-0.3, -0.25) is 4.79 Å². The number of carbonyl (C=O) groups excluding carboxylic acids is 1. The molecule has 2 aliphatic rings. The number of benzene rings is 1. The Morgan fingerprint density at radius 2 is 2.07 bits per heavy atom. The Hall–Kier alpha value is -2.22. The minimum Gasteiger partial charge on any atom is -0.478 e. The molecule has 3 unspecified atom stereocenters. The molecule has 0 bridgehead atoms. The smallest absolute Gasteiger partial charge is 0.335 e. The number of carboxylic acid groups (broad SMARTS) is 1. The molecule has 6 nitrogen and oxygen atoms in total. The Labute approximate surface area is 168 Å². The first-order valence-electron chi connectivity index (χ1n) is 9.70. The lowest BCUT2D eigenvalue weighted by Crippen LogP contribution is -2.48. The number of thiophene rings is 1. The maximum atomic E-state index is 13.1. The van der Waals surface area contributed by atoms with Crippen LogP contribution in [0.5, 0.6) is 0 Å². The average molecular weight is 400 g/mol. The second-order valence-corrected chi connectivity index (χ2v) is 8.95. The molecule has 1 aromatic heterocycles. The monoisotopic (exact) mass is 399 g/mol. The fraction of sp³-hybridized carbons (Fsp3) is 0.429. The van der Waals surface area contributed by atoms with E-state index in [2.05, 4.69) is 29.9 Å². The third kappa shape index (κ3) is 3.97. The topological polar surface area (TPSA) is 81.7 Å². The van der Waals surface area contributed by atoms with Crippen molar-refractivity contribution in [3.05, 3.63) is 57.3 Å². The van der Waals surface area contributed by atoms with Gasteiger partial charge in [0.05, 0.1) is 11.6 Å². The summed E-state index contributed by atoms with van der Waals surface area (Å²) in [6, 6.07) is 11.3. The highest BCUT2D eigenvalue weighted by atomic mass is 32.1. The van der Waals surface area contributed by atoms with Gasteiger partial charge in [-0.1, -0.05) is 12.1 Å². The van der Waals surface area contributed by atoms with Gasteiger partial charge in [0.25, 0.3) is 0 Å². The number of hydrogen-bond donors (Lipinski definition) is 3. The van der Waals surface area contributed by atoms with Crippen molar-refractivity contribution in [2.75, 3.05) is 13.1 Å². The lowest BCUT2D eigenvalue weighted by molar-refractivity contribution is -0.134. The summed E-state index contributed by atoms with van der Waals surface area (Å²) in [6.07, 6.45) is 2.65. The van der Waals surface area contributed by atoms with E-state index in [4.69, 9.17) is 0 Å². The molecule has 1 amide bonds. The quantitative estimate of drug-likeness (QED) is 0.736. The number of aryl methyl sites for hydroxylation is 1. The maximum Gasteiger partial charge on any atom is 0.335 e. The molecule has 7 heteroatoms. The number of piperidine rings is 1. The third-order valence-electron chi connectivity index (χ3n) is 5.64. The highest BCUT2D eigenvalue weighted by Gasteiger charge is 2.35. The molecule has 3 heterocycles. The standard InChI is InChI=1S/C21H25N3O3S/c1-13-7-8-19(28-13)17-11-18(23-22-17)20(25)24-9-3-6-16(12-24)14-4-2-5-15(10-14)21(26)27/h2,4-5,7-8,10,16-18,22-23H,3,6,9,11-12H2,1H3,(H,26,27). The van der Waals surface area contributed by atoms with E-state index in [1.165, 1.54) is 9.75 Å². The fourth-order valence-electron chi connectivity index (χ4n) is 4.14. The Balaban J connectivity index is 1.41. The first-order valence-corrected chi connectivity index (χ1v) is 10.5. The molecule has 4 rings (SSSR count). The summed E-state index contributed by atoms with van der Waals surface area (Å²) in [5.41, 5.74) is 7.75. The number of rotatable bonds is 4. The molecule has 2 aromatic rings. The van der Waals surface area contributed by atoms with Gasteiger partial charge in [0.1, 0.15) is 6.04 Å². The van der Waals surface area contributed by atoms with Gasteiger partial charge in [0.15, 0.2) is 0 Å². The van der Waals surface area contributed by atoms with Gasteiger partial charge in [-0.2, -0.15) is 0 Å². The van der Waals surface area contributed by atoms with Crippen molar-refractivity contribution in [2.45, 2.75) is 44.2 Å². The van der Waals surface area contributed by atoms with E-state index < -0.39 is 5.97 Å². The van der Waals surface area contributed by atoms with Gasteiger partial charge in [-0.15, -0.1) is 11.3 Å². The van der Waals surface area contributed by atoms with Gasteiger partial charge in [-0.25, -0.2) is 15.6 Å². The molecule has 1 aromatic carbocycles. The first kappa shape index (κ1) is 19.1. The Morgan fingerprint density at radius 3 is 2.82 bits per heavy atom. The molecule has 28 heavy (non-hydrogen) atoms. The maximum absolute atomic E-state index is 13.1. The van der Waals surface area contributed by atoms with Crippen LogP contribution in [-0.2, 0) is 4.79 Å². The lowest BCUT2D eigenvalue weighted by atomic mass is 9.89. The number of aromatic carboxylic acids is 1. The Bertz CT molecular complexity index is 881. The molecule has 0 radical (unpaired) electrons. The molecule has 2 saturated heterocycles. The summed E-state index contributed by atoms with van der Waals surface area (Å²) in [4.78, 5) is 28.8. The summed E-state index contributed by atoms with van der Waals surface area (Å²) in [5.74, 6) is -0.605. The largest absolute Gasteiger partial charge is 0.478 e. The number of carbonyl (C=O) groups is 2. The van der Waals surface area contributed by atoms with Gasteiger partial charge in [0.2, 0.25) is 5.91 Å². The lowest BCUT2D eigenvalue weighted by Gasteiger charge is -2.34. The molecule has 2 fully saturated rings. The number of carboxylic acids is 1. The number of nitrogens with zero attached hydrogens (tertiary/aromatic N) is 1. The SMILES string of the molecule is Cc1ccc(C2CC(C(=O)N3CCCC(c4cccc(C(=O)O)c4)C3)NN2)s1. The predicted molar refractivity (Wildman–Crippen MR) is 108 cm³/mol. The van der Waals surface area contributed by atoms with Crippen molar-refractivity contribution in [2.24, 2.45) is 0 Å². The number of hydrazine groups is 1. The van der Waals surface area contributed by atoms with E-state index in [0.29, 0.717) is 12.1 Å². The summed E-state index contributed by atoms with van der Waals surface area (Å²) in [6.45, 7) is 3.49. The van der Waals surface area contributed by atoms with Crippen LogP contribution in [0.4, 0.5) is 0 Å². The molecular formula is C21H25N3O3S. The zero-order valence-electron chi connectivity index (χ0n) is 15.9. The van der Waals surface area contributed by atoms with Gasteiger partial charge in [-0.05, 0) is 56.0 Å². The molecular weight excluding hydrogens is 374 g/mol. The van der Waals surface area contributed by atoms with Crippen LogP contribution in [0.2, 0.25) is 0 Å². The molecule has 0 saturated carbocycles. The van der Waals surface area contributed by atoms with E-state index >= 15 is 0 Å². The van der Waals surface area contributed by atoms with Crippen molar-refractivity contribution in [3.8, 4) is 0 Å². The second kappa shape index (κ2) is 8.03. The number of amides is 1. The molecule has 3 N–H and O–H groups in total. The van der Waals surface area contributed by atoms with E-state index in [-0.39, 0.29) is 23.9 Å². The van der Waals surface area contributed by atoms with Crippen LogP contribution in [0.1, 0.15) is 56.9 Å². The number of likely N-dealkylation sites (tertiary alicyclic amines) is 1. The van der Waals surface area contributed by atoms with Crippen molar-refractivity contribution >= 4 is 23.2 Å². The van der Waals surface area contributed by atoms with Crippen molar-refractivity contribution in [1.82, 2.24) is 15.8 Å². The second-order valence-electron chi connectivity index (χ2n) is 7.63. The summed E-state index contributed by atoms with van der Waals surface area (Å²) >= 11 is 1.76. The van der Waals surface area contributed by atoms with Crippen molar-refractivity contribution < 1.29 is 14.7 Å². The van der Waals surface area contributed by atoms with E-state index in [1.54, 1.807) is 29.5 Å². The minimum absolute atomic E-state index is 0.127. The minimum atomic E-state index is -0.915. The van der Waals surface area contributed by atoms with E-state index in [1.807, 2.05) is 11.0 Å². The molecule has 2 aliphatic heterocycles. The molecule has 148 valence electrons. The van der Waals surface area contributed by atoms with Gasteiger partial charge < -0.3 is 10.0 Å². The fourth-order valence-corrected chi connectivity index (χ4v) is 5.08. The Morgan fingerprint density at radius 1 is 1.21 bits per heavy atom. The van der Waals surface area contributed by atoms with Crippen LogP contribution >= 0.6 is 11.3 Å². The van der Waals surface area contributed by atoms with Crippen LogP contribution in [0.3, 0.4) is 0 Å².